The van der Waals surface area contributed by atoms with Crippen LogP contribution >= 0.6 is 11.8 Å². The van der Waals surface area contributed by atoms with Crippen molar-refractivity contribution in [1.82, 2.24) is 0 Å². The lowest BCUT2D eigenvalue weighted by molar-refractivity contribution is 1.18. The van der Waals surface area contributed by atoms with Crippen molar-refractivity contribution in [3.8, 4) is 22.3 Å². The molecular formula is C35H21N3S. The number of anilines is 5. The van der Waals surface area contributed by atoms with Crippen LogP contribution in [0.25, 0.3) is 37.9 Å². The fraction of sp³-hybridized carbons (Fsp3) is 0. The maximum absolute atomic E-state index is 7.88. The first kappa shape index (κ1) is 22.0. The largest absolute Gasteiger partial charge is 0.355 e. The lowest BCUT2D eigenvalue weighted by Gasteiger charge is -2.35. The summed E-state index contributed by atoms with van der Waals surface area (Å²) >= 11 is 1.80. The molecule has 8 rings (SSSR count). The van der Waals surface area contributed by atoms with Crippen LogP contribution in [0.1, 0.15) is 0 Å². The summed E-state index contributed by atoms with van der Waals surface area (Å²) in [6.45, 7) is 7.88. The Balaban J connectivity index is 1.44. The van der Waals surface area contributed by atoms with E-state index in [4.69, 9.17) is 6.57 Å². The van der Waals surface area contributed by atoms with Crippen molar-refractivity contribution in [2.75, 3.05) is 10.2 Å². The average molecular weight is 516 g/mol. The van der Waals surface area contributed by atoms with Crippen LogP contribution in [0.2, 0.25) is 0 Å². The molecule has 0 spiro atoms. The first-order valence-electron chi connectivity index (χ1n) is 12.9. The molecule has 3 nitrogen and oxygen atoms in total. The molecule has 0 atom stereocenters. The van der Waals surface area contributed by atoms with Gasteiger partial charge in [-0.1, -0.05) is 96.7 Å². The van der Waals surface area contributed by atoms with E-state index >= 15 is 0 Å². The normalized spacial score (nSPS) is 12.6. The van der Waals surface area contributed by atoms with E-state index in [0.717, 1.165) is 38.9 Å². The van der Waals surface area contributed by atoms with Gasteiger partial charge in [0.2, 0.25) is 0 Å². The van der Waals surface area contributed by atoms with E-state index in [-0.39, 0.29) is 0 Å². The van der Waals surface area contributed by atoms with Gasteiger partial charge in [0.1, 0.15) is 0 Å². The van der Waals surface area contributed by atoms with Crippen LogP contribution in [0, 0.1) is 6.57 Å². The monoisotopic (exact) mass is 515 g/mol. The van der Waals surface area contributed by atoms with Crippen LogP contribution in [-0.2, 0) is 0 Å². The predicted octanol–water partition coefficient (Wildman–Crippen LogP) is 10.7. The van der Waals surface area contributed by atoms with Crippen molar-refractivity contribution >= 4 is 56.7 Å². The zero-order chi connectivity index (χ0) is 25.9. The van der Waals surface area contributed by atoms with Crippen molar-refractivity contribution in [2.24, 2.45) is 0 Å². The Morgan fingerprint density at radius 1 is 0.615 bits per heavy atom. The molecule has 2 bridgehead atoms. The predicted molar refractivity (Wildman–Crippen MR) is 163 cm³/mol. The molecule has 2 aliphatic heterocycles. The van der Waals surface area contributed by atoms with E-state index in [2.05, 4.69) is 118 Å². The van der Waals surface area contributed by atoms with Gasteiger partial charge >= 0.3 is 0 Å². The number of rotatable bonds is 2. The molecule has 0 fully saturated rings. The summed E-state index contributed by atoms with van der Waals surface area (Å²) in [4.78, 5) is 8.54. The van der Waals surface area contributed by atoms with Gasteiger partial charge in [0, 0.05) is 32.9 Å². The number of benzene rings is 6. The number of hydrogen-bond acceptors (Lipinski definition) is 3. The smallest absolute Gasteiger partial charge is 0.191 e. The van der Waals surface area contributed by atoms with E-state index in [1.165, 1.54) is 32.4 Å². The van der Waals surface area contributed by atoms with Gasteiger partial charge in [0.15, 0.2) is 5.69 Å². The first-order chi connectivity index (χ1) is 19.3. The molecule has 1 N–H and O–H groups in total. The number of nitrogens with one attached hydrogen (secondary N) is 1. The average Bonchev–Trinajstić information content (AvgIpc) is 3.05. The molecule has 182 valence electrons. The summed E-state index contributed by atoms with van der Waals surface area (Å²) < 4.78 is 0. The Hall–Kier alpha value is -4.98. The Kier molecular flexibility index (Phi) is 4.82. The highest BCUT2D eigenvalue weighted by Gasteiger charge is 2.31. The highest BCUT2D eigenvalue weighted by molar-refractivity contribution is 8.00. The topological polar surface area (TPSA) is 19.6 Å². The van der Waals surface area contributed by atoms with Gasteiger partial charge in [-0.2, -0.15) is 0 Å². The third kappa shape index (κ3) is 3.38. The Morgan fingerprint density at radius 2 is 1.38 bits per heavy atom. The van der Waals surface area contributed by atoms with Gasteiger partial charge in [-0.15, -0.1) is 0 Å². The minimum atomic E-state index is 0.613. The van der Waals surface area contributed by atoms with E-state index in [1.807, 2.05) is 18.2 Å². The molecule has 0 amide bonds. The van der Waals surface area contributed by atoms with E-state index < -0.39 is 0 Å². The SMILES string of the molecule is [C-]#[N+]c1cc2c3c(c1)N(c1ccc(-c4ccccc4)cc1)c1ccc4cccc(c4c1S3)-c1ccccc1N2. The Bertz CT molecular complexity index is 1970. The van der Waals surface area contributed by atoms with Gasteiger partial charge < -0.3 is 10.2 Å². The van der Waals surface area contributed by atoms with Gasteiger partial charge in [-0.3, -0.25) is 0 Å². The van der Waals surface area contributed by atoms with Gasteiger partial charge in [-0.05, 0) is 58.5 Å². The summed E-state index contributed by atoms with van der Waals surface area (Å²) in [5.74, 6) is 0. The van der Waals surface area contributed by atoms with Crippen molar-refractivity contribution in [3.05, 3.63) is 133 Å². The number of para-hydroxylation sites is 1. The molecule has 4 heteroatoms. The highest BCUT2D eigenvalue weighted by Crippen LogP contribution is 2.59. The van der Waals surface area contributed by atoms with Crippen LogP contribution in [0.5, 0.6) is 0 Å². The van der Waals surface area contributed by atoms with Crippen molar-refractivity contribution in [2.45, 2.75) is 9.79 Å². The van der Waals surface area contributed by atoms with E-state index in [1.54, 1.807) is 11.8 Å². The van der Waals surface area contributed by atoms with E-state index in [0.29, 0.717) is 5.69 Å². The molecular weight excluding hydrogens is 494 g/mol. The fourth-order valence-corrected chi connectivity index (χ4v) is 7.06. The van der Waals surface area contributed by atoms with Gasteiger partial charge in [0.25, 0.3) is 0 Å². The minimum Gasteiger partial charge on any atom is -0.355 e. The third-order valence-corrected chi connectivity index (χ3v) is 8.82. The molecule has 6 aromatic rings. The second-order valence-corrected chi connectivity index (χ2v) is 10.8. The number of nitrogens with zero attached hydrogens (tertiary/aromatic N) is 2. The third-order valence-electron chi connectivity index (χ3n) is 7.57. The molecule has 39 heavy (non-hydrogen) atoms. The maximum atomic E-state index is 7.88. The van der Waals surface area contributed by atoms with Crippen molar-refractivity contribution in [1.29, 1.82) is 0 Å². The van der Waals surface area contributed by atoms with Crippen molar-refractivity contribution < 1.29 is 0 Å². The van der Waals surface area contributed by atoms with Crippen molar-refractivity contribution in [3.63, 3.8) is 0 Å². The molecule has 2 heterocycles. The molecule has 0 unspecified atom stereocenters. The molecule has 6 aromatic carbocycles. The maximum Gasteiger partial charge on any atom is 0.191 e. The summed E-state index contributed by atoms with van der Waals surface area (Å²) in [6.07, 6.45) is 0. The zero-order valence-electron chi connectivity index (χ0n) is 20.8. The molecule has 0 aliphatic carbocycles. The highest BCUT2D eigenvalue weighted by atomic mass is 32.2. The summed E-state index contributed by atoms with van der Waals surface area (Å²) in [5.41, 5.74) is 10.6. The number of hydrogen-bond donors (Lipinski definition) is 1. The summed E-state index contributed by atoms with van der Waals surface area (Å²) in [6, 6.07) is 42.7. The molecule has 0 saturated carbocycles. The summed E-state index contributed by atoms with van der Waals surface area (Å²) in [5, 5.41) is 6.19. The minimum absolute atomic E-state index is 0.613. The Morgan fingerprint density at radius 3 is 2.23 bits per heavy atom. The first-order valence-corrected chi connectivity index (χ1v) is 13.7. The zero-order valence-corrected chi connectivity index (χ0v) is 21.7. The van der Waals surface area contributed by atoms with Crippen LogP contribution < -0.4 is 10.2 Å². The molecule has 0 radical (unpaired) electrons. The lowest BCUT2D eigenvalue weighted by atomic mass is 9.96. The quantitative estimate of drug-likeness (QED) is 0.231. The van der Waals surface area contributed by atoms with Crippen LogP contribution in [-0.4, -0.2) is 0 Å². The standard InChI is InChI=1S/C35H21N3S/c1-36-25-20-30-34-32(21-25)38(26-17-14-23(15-18-26)22-8-3-2-4-9-22)31-19-16-24-10-7-12-28(33(24)35(31)39-34)27-11-5-6-13-29(27)37-30/h2-21,37H. The van der Waals surface area contributed by atoms with Crippen LogP contribution in [0.3, 0.4) is 0 Å². The van der Waals surface area contributed by atoms with Gasteiger partial charge in [-0.25, -0.2) is 4.85 Å². The number of fused-ring (bicyclic) bond motifs is 2. The Labute approximate surface area is 231 Å². The lowest BCUT2D eigenvalue weighted by Crippen LogP contribution is -2.15. The second kappa shape index (κ2) is 8.52. The van der Waals surface area contributed by atoms with Crippen LogP contribution in [0.15, 0.2) is 131 Å². The fourth-order valence-electron chi connectivity index (χ4n) is 5.78. The summed E-state index contributed by atoms with van der Waals surface area (Å²) in [7, 11) is 0. The van der Waals surface area contributed by atoms with Crippen LogP contribution in [0.4, 0.5) is 34.1 Å². The second-order valence-electron chi connectivity index (χ2n) is 9.79. The van der Waals surface area contributed by atoms with E-state index in [9.17, 15) is 0 Å². The van der Waals surface area contributed by atoms with Gasteiger partial charge in [0.05, 0.1) is 22.8 Å². The molecule has 0 aromatic heterocycles. The molecule has 0 saturated heterocycles. The molecule has 2 aliphatic rings.